The highest BCUT2D eigenvalue weighted by atomic mass is 35.5. The summed E-state index contributed by atoms with van der Waals surface area (Å²) in [4.78, 5) is 12.7. The number of hydrogen-bond donors (Lipinski definition) is 1. The molecule has 0 radical (unpaired) electrons. The highest BCUT2D eigenvalue weighted by molar-refractivity contribution is 6.32. The van der Waals surface area contributed by atoms with E-state index in [1.54, 1.807) is 36.4 Å². The van der Waals surface area contributed by atoms with Gasteiger partial charge in [0.25, 0.3) is 5.91 Å². The number of halogens is 1. The summed E-state index contributed by atoms with van der Waals surface area (Å²) < 4.78 is 23.1. The lowest BCUT2D eigenvalue weighted by Crippen LogP contribution is -2.17. The highest BCUT2D eigenvalue weighted by Crippen LogP contribution is 2.37. The minimum Gasteiger partial charge on any atom is -0.490 e. The Bertz CT molecular complexity index is 1510. The quantitative estimate of drug-likeness (QED) is 0.107. The monoisotopic (exact) mass is 558 g/mol. The van der Waals surface area contributed by atoms with Gasteiger partial charge < -0.3 is 18.9 Å². The summed E-state index contributed by atoms with van der Waals surface area (Å²) in [6.45, 7) is 8.89. The molecule has 4 aromatic rings. The van der Waals surface area contributed by atoms with Crippen LogP contribution in [0.4, 0.5) is 0 Å². The van der Waals surface area contributed by atoms with Crippen molar-refractivity contribution in [1.82, 2.24) is 5.43 Å². The molecule has 0 aliphatic carbocycles. The molecule has 1 amide bonds. The molecule has 40 heavy (non-hydrogen) atoms. The fourth-order valence-corrected chi connectivity index (χ4v) is 4.32. The van der Waals surface area contributed by atoms with Crippen molar-refractivity contribution in [2.45, 2.75) is 20.5 Å². The van der Waals surface area contributed by atoms with Crippen molar-refractivity contribution in [3.8, 4) is 23.0 Å². The van der Waals surface area contributed by atoms with Gasteiger partial charge in [-0.2, -0.15) is 5.10 Å². The van der Waals surface area contributed by atoms with Crippen molar-refractivity contribution in [3.63, 3.8) is 0 Å². The van der Waals surface area contributed by atoms with Gasteiger partial charge in [0.1, 0.15) is 13.2 Å². The smallest absolute Gasteiger partial charge is 0.271 e. The third-order valence-electron chi connectivity index (χ3n) is 5.83. The Kier molecular flexibility index (Phi) is 10.0. The number of carbonyl (C=O) groups excluding carboxylic acids is 1. The Labute approximate surface area is 239 Å². The molecule has 0 saturated heterocycles. The van der Waals surface area contributed by atoms with E-state index in [0.717, 1.165) is 16.3 Å². The van der Waals surface area contributed by atoms with Gasteiger partial charge >= 0.3 is 0 Å². The van der Waals surface area contributed by atoms with Crippen molar-refractivity contribution in [2.75, 3.05) is 19.8 Å². The van der Waals surface area contributed by atoms with Crippen LogP contribution in [0, 0.1) is 0 Å². The van der Waals surface area contributed by atoms with Crippen LogP contribution in [-0.4, -0.2) is 31.9 Å². The van der Waals surface area contributed by atoms with Gasteiger partial charge in [-0.15, -0.1) is 0 Å². The van der Waals surface area contributed by atoms with Crippen LogP contribution >= 0.6 is 11.6 Å². The van der Waals surface area contributed by atoms with Crippen LogP contribution in [0.5, 0.6) is 23.0 Å². The van der Waals surface area contributed by atoms with Gasteiger partial charge in [-0.1, -0.05) is 66.7 Å². The number of carbonyl (C=O) groups is 1. The molecule has 0 unspecified atom stereocenters. The average molecular weight is 559 g/mol. The first-order valence-electron chi connectivity index (χ1n) is 12.9. The molecule has 4 aromatic carbocycles. The van der Waals surface area contributed by atoms with Crippen LogP contribution < -0.4 is 24.4 Å². The summed E-state index contributed by atoms with van der Waals surface area (Å²) in [6.07, 6.45) is 3.13. The van der Waals surface area contributed by atoms with Crippen LogP contribution in [0.1, 0.15) is 35.3 Å². The van der Waals surface area contributed by atoms with E-state index in [1.807, 2.05) is 38.1 Å². The minimum absolute atomic E-state index is 0.325. The predicted molar refractivity (Wildman–Crippen MR) is 159 cm³/mol. The molecule has 0 heterocycles. The molecule has 0 aromatic heterocycles. The summed E-state index contributed by atoms with van der Waals surface area (Å²) in [5.74, 6) is 1.52. The number of nitrogens with zero attached hydrogens (tertiary/aromatic N) is 1. The number of benzene rings is 4. The second-order valence-electron chi connectivity index (χ2n) is 8.58. The average Bonchev–Trinajstić information content (AvgIpc) is 2.96. The van der Waals surface area contributed by atoms with Gasteiger partial charge in [-0.05, 0) is 66.1 Å². The van der Waals surface area contributed by atoms with E-state index in [2.05, 4.69) is 35.3 Å². The molecule has 0 saturated carbocycles. The van der Waals surface area contributed by atoms with E-state index in [1.165, 1.54) is 6.21 Å². The molecule has 0 aliphatic heterocycles. The molecule has 0 atom stereocenters. The van der Waals surface area contributed by atoms with E-state index >= 15 is 0 Å². The zero-order valence-corrected chi connectivity index (χ0v) is 23.2. The molecule has 7 nitrogen and oxygen atoms in total. The molecule has 8 heteroatoms. The normalized spacial score (nSPS) is 10.9. The Hall–Kier alpha value is -4.49. The standard InChI is InChI=1S/C32H31ClN2O5/c1-4-16-39-28-15-14-24(19-29(28)37-5-2)32(36)35-34-20-22-17-27(33)31(30(18-22)38-6-3)40-21-25-12-9-11-23-10-7-8-13-26(23)25/h4,7-15,17-20H,1,5-6,16,21H2,2-3H3,(H,35,36)/b34-20+. The molecule has 0 fully saturated rings. The van der Waals surface area contributed by atoms with Crippen LogP contribution in [0.15, 0.2) is 90.6 Å². The van der Waals surface area contributed by atoms with Crippen molar-refractivity contribution in [1.29, 1.82) is 0 Å². The third-order valence-corrected chi connectivity index (χ3v) is 6.11. The van der Waals surface area contributed by atoms with Crippen LogP contribution in [-0.2, 0) is 6.61 Å². The van der Waals surface area contributed by atoms with E-state index in [4.69, 9.17) is 30.5 Å². The highest BCUT2D eigenvalue weighted by Gasteiger charge is 2.14. The summed E-state index contributed by atoms with van der Waals surface area (Å²) in [7, 11) is 0. The van der Waals surface area contributed by atoms with Gasteiger partial charge in [-0.3, -0.25) is 4.79 Å². The topological polar surface area (TPSA) is 78.4 Å². The molecule has 206 valence electrons. The molecule has 0 aliphatic rings. The van der Waals surface area contributed by atoms with Gasteiger partial charge in [-0.25, -0.2) is 5.43 Å². The molecular weight excluding hydrogens is 528 g/mol. The van der Waals surface area contributed by atoms with E-state index < -0.39 is 5.91 Å². The largest absolute Gasteiger partial charge is 0.490 e. The van der Waals surface area contributed by atoms with Crippen molar-refractivity contribution in [3.05, 3.63) is 107 Å². The maximum atomic E-state index is 12.7. The third kappa shape index (κ3) is 7.12. The zero-order chi connectivity index (χ0) is 28.3. The second kappa shape index (κ2) is 14.1. The van der Waals surface area contributed by atoms with Crippen molar-refractivity contribution < 1.29 is 23.7 Å². The summed E-state index contributed by atoms with van der Waals surface area (Å²) >= 11 is 6.60. The predicted octanol–water partition coefficient (Wildman–Crippen LogP) is 7.20. The molecule has 0 spiro atoms. The lowest BCUT2D eigenvalue weighted by molar-refractivity contribution is 0.0954. The van der Waals surface area contributed by atoms with Gasteiger partial charge in [0.05, 0.1) is 24.5 Å². The lowest BCUT2D eigenvalue weighted by Gasteiger charge is -2.15. The van der Waals surface area contributed by atoms with Crippen molar-refractivity contribution in [2.24, 2.45) is 5.10 Å². The summed E-state index contributed by atoms with van der Waals surface area (Å²) in [6, 6.07) is 22.6. The Morgan fingerprint density at radius 3 is 2.48 bits per heavy atom. The number of ether oxygens (including phenoxy) is 4. The number of rotatable bonds is 13. The number of hydrogen-bond acceptors (Lipinski definition) is 6. The van der Waals surface area contributed by atoms with E-state index in [0.29, 0.717) is 65.6 Å². The first-order valence-corrected chi connectivity index (χ1v) is 13.3. The van der Waals surface area contributed by atoms with Crippen LogP contribution in [0.2, 0.25) is 5.02 Å². The Morgan fingerprint density at radius 1 is 0.900 bits per heavy atom. The fourth-order valence-electron chi connectivity index (χ4n) is 4.05. The maximum Gasteiger partial charge on any atom is 0.271 e. The lowest BCUT2D eigenvalue weighted by atomic mass is 10.1. The fraction of sp³-hybridized carbons (Fsp3) is 0.188. The van der Waals surface area contributed by atoms with E-state index in [-0.39, 0.29) is 0 Å². The minimum atomic E-state index is -0.404. The van der Waals surface area contributed by atoms with E-state index in [9.17, 15) is 4.79 Å². The maximum absolute atomic E-state index is 12.7. The van der Waals surface area contributed by atoms with Gasteiger partial charge in [0, 0.05) is 5.56 Å². The van der Waals surface area contributed by atoms with Gasteiger partial charge in [0.15, 0.2) is 23.0 Å². The first kappa shape index (κ1) is 28.5. The van der Waals surface area contributed by atoms with Crippen LogP contribution in [0.25, 0.3) is 10.8 Å². The number of fused-ring (bicyclic) bond motifs is 1. The zero-order valence-electron chi connectivity index (χ0n) is 22.5. The molecule has 1 N–H and O–H groups in total. The number of nitrogens with one attached hydrogen (secondary N) is 1. The number of hydrazone groups is 1. The van der Waals surface area contributed by atoms with Gasteiger partial charge in [0.2, 0.25) is 0 Å². The molecular formula is C32H31ClN2O5. The second-order valence-corrected chi connectivity index (χ2v) is 8.99. The molecule has 4 rings (SSSR count). The summed E-state index contributed by atoms with van der Waals surface area (Å²) in [5.41, 5.74) is 4.58. The SMILES string of the molecule is C=CCOc1ccc(C(=O)N/N=C/c2cc(Cl)c(OCc3cccc4ccccc34)c(OCC)c2)cc1OCC. The number of amides is 1. The summed E-state index contributed by atoms with van der Waals surface area (Å²) in [5, 5.41) is 6.73. The van der Waals surface area contributed by atoms with Crippen LogP contribution in [0.3, 0.4) is 0 Å². The molecule has 0 bridgehead atoms. The first-order chi connectivity index (χ1) is 19.5. The Balaban J connectivity index is 1.47. The Morgan fingerprint density at radius 2 is 1.68 bits per heavy atom. The van der Waals surface area contributed by atoms with Crippen molar-refractivity contribution >= 4 is 34.5 Å².